The zero-order valence-electron chi connectivity index (χ0n) is 8.88. The summed E-state index contributed by atoms with van der Waals surface area (Å²) in [6.45, 7) is 3.65. The zero-order chi connectivity index (χ0) is 8.53. The van der Waals surface area contributed by atoms with Crippen molar-refractivity contribution in [2.24, 2.45) is 5.73 Å². The van der Waals surface area contributed by atoms with Crippen LogP contribution in [0.3, 0.4) is 0 Å². The Balaban J connectivity index is -0.000000500. The maximum atomic E-state index is 10.8. The van der Waals surface area contributed by atoms with Gasteiger partial charge >= 0.3 is 37.7 Å². The van der Waals surface area contributed by atoms with E-state index in [9.17, 15) is 4.57 Å². The Bertz CT molecular complexity index is 121. The van der Waals surface area contributed by atoms with Crippen LogP contribution in [0.2, 0.25) is 0 Å². The predicted molar refractivity (Wildman–Crippen MR) is 46.6 cm³/mol. The van der Waals surface area contributed by atoms with E-state index in [1.165, 1.54) is 0 Å². The van der Waals surface area contributed by atoms with E-state index in [1.807, 2.05) is 0 Å². The van der Waals surface area contributed by atoms with Gasteiger partial charge in [0.25, 0.3) is 0 Å². The fourth-order valence-electron chi connectivity index (χ4n) is 0.493. The molecule has 0 aliphatic carbocycles. The Hall–Kier alpha value is 0.980. The monoisotopic (exact) mass is 203 g/mol. The molecule has 12 heavy (non-hydrogen) atoms. The van der Waals surface area contributed by atoms with Gasteiger partial charge < -0.3 is 7.16 Å². The van der Waals surface area contributed by atoms with E-state index in [0.29, 0.717) is 19.7 Å². The van der Waals surface area contributed by atoms with Crippen molar-refractivity contribution in [3.8, 4) is 0 Å². The molecule has 68 valence electrons. The summed E-state index contributed by atoms with van der Waals surface area (Å²) < 4.78 is 15.8. The Labute approximate surface area is 98.3 Å². The second-order valence-electron chi connectivity index (χ2n) is 2.14. The smallest absolute Gasteiger partial charge is 1.00 e. The minimum atomic E-state index is -1.68. The third-order valence-corrected chi connectivity index (χ3v) is 1.99. The van der Waals surface area contributed by atoms with Crippen molar-refractivity contribution in [2.75, 3.05) is 19.7 Å². The number of unbranched alkanes of at least 4 members (excludes halogenated alkanes) is 1. The molecule has 4 nitrogen and oxygen atoms in total. The van der Waals surface area contributed by atoms with Gasteiger partial charge in [0.15, 0.2) is 0 Å². The molecule has 6 heteroatoms. The van der Waals surface area contributed by atoms with Crippen LogP contribution in [0, 0.1) is 0 Å². The molecule has 0 fully saturated rings. The van der Waals surface area contributed by atoms with Crippen LogP contribution in [0.4, 0.5) is 0 Å². The molecule has 0 aromatic carbocycles. The number of nitrogens with two attached hydrogens (primary N) is 1. The quantitative estimate of drug-likeness (QED) is 0.289. The minimum absolute atomic E-state index is 0. The summed E-state index contributed by atoms with van der Waals surface area (Å²) in [4.78, 5) is 0. The van der Waals surface area contributed by atoms with Gasteiger partial charge in [0, 0.05) is 6.54 Å². The fraction of sp³-hybridized carbons (Fsp3) is 1.00. The van der Waals surface area contributed by atoms with Crippen molar-refractivity contribution in [1.82, 2.24) is 5.09 Å². The third-order valence-electron chi connectivity index (χ3n) is 1.09. The van der Waals surface area contributed by atoms with Crippen molar-refractivity contribution < 1.29 is 40.1 Å². The van der Waals surface area contributed by atoms with Crippen molar-refractivity contribution in [1.29, 1.82) is 0 Å². The molecule has 1 unspecified atom stereocenters. The van der Waals surface area contributed by atoms with E-state index in [0.717, 1.165) is 12.8 Å². The molecule has 0 heterocycles. The van der Waals surface area contributed by atoms with Gasteiger partial charge in [0.2, 0.25) is 0 Å². The Morgan fingerprint density at radius 2 is 2.33 bits per heavy atom. The largest absolute Gasteiger partial charge is 1.00 e. The second kappa shape index (κ2) is 12.0. The molecule has 0 aromatic heterocycles. The van der Waals surface area contributed by atoms with Gasteiger partial charge in [-0.15, -0.1) is 4.52 Å². The minimum Gasteiger partial charge on any atom is -1.00 e. The van der Waals surface area contributed by atoms with Crippen molar-refractivity contribution in [3.05, 3.63) is 0 Å². The third kappa shape index (κ3) is 11.0. The van der Waals surface area contributed by atoms with Crippen LogP contribution < -0.4 is 40.4 Å². The summed E-state index contributed by atoms with van der Waals surface area (Å²) in [6.07, 6.45) is 2.01. The summed E-state index contributed by atoms with van der Waals surface area (Å²) in [5.74, 6) is 0. The topological polar surface area (TPSA) is 64.3 Å². The molecular formula is C6H17N2NaO2P+. The summed E-state index contributed by atoms with van der Waals surface area (Å²) in [5.41, 5.74) is 5.19. The Morgan fingerprint density at radius 3 is 2.83 bits per heavy atom. The van der Waals surface area contributed by atoms with Crippen LogP contribution in [0.5, 0.6) is 0 Å². The standard InChI is InChI=1S/C6H16N2O2P.Na.H/c1-2-3-6-10-11(9)8-5-4-7;;/h2-7H2,1H3,(H,8,9);;/q2*+1;-1. The second-order valence-corrected chi connectivity index (χ2v) is 3.23. The van der Waals surface area contributed by atoms with E-state index in [2.05, 4.69) is 12.0 Å². The molecule has 0 rings (SSSR count). The Morgan fingerprint density at radius 1 is 1.67 bits per heavy atom. The number of hydrogen-bond donors (Lipinski definition) is 2. The fourth-order valence-corrected chi connectivity index (χ4v) is 1.19. The molecule has 1 atom stereocenters. The average molecular weight is 203 g/mol. The number of rotatable bonds is 7. The van der Waals surface area contributed by atoms with E-state index < -0.39 is 8.18 Å². The normalized spacial score (nSPS) is 10.7. The first-order valence-corrected chi connectivity index (χ1v) is 5.02. The molecule has 0 aliphatic heterocycles. The van der Waals surface area contributed by atoms with E-state index in [1.54, 1.807) is 0 Å². The van der Waals surface area contributed by atoms with Gasteiger partial charge in [-0.3, -0.25) is 0 Å². The zero-order valence-corrected chi connectivity index (χ0v) is 10.8. The Kier molecular flexibility index (Phi) is 15.4. The van der Waals surface area contributed by atoms with Gasteiger partial charge in [-0.1, -0.05) is 18.4 Å². The van der Waals surface area contributed by atoms with Crippen LogP contribution in [-0.2, 0) is 9.09 Å². The maximum Gasteiger partial charge on any atom is 1.00 e. The number of hydrogen-bond acceptors (Lipinski definition) is 3. The molecular weight excluding hydrogens is 186 g/mol. The molecule has 0 spiro atoms. The summed E-state index contributed by atoms with van der Waals surface area (Å²) in [6, 6.07) is 0. The van der Waals surface area contributed by atoms with Gasteiger partial charge in [-0.2, -0.15) is 0 Å². The number of nitrogens with one attached hydrogen (secondary N) is 1. The average Bonchev–Trinajstić information content (AvgIpc) is 2.01. The van der Waals surface area contributed by atoms with Crippen LogP contribution >= 0.6 is 8.18 Å². The molecule has 0 bridgehead atoms. The van der Waals surface area contributed by atoms with Gasteiger partial charge in [0.05, 0.1) is 6.54 Å². The van der Waals surface area contributed by atoms with E-state index >= 15 is 0 Å². The predicted octanol–water partition coefficient (Wildman–Crippen LogP) is -1.87. The van der Waals surface area contributed by atoms with Gasteiger partial charge in [0.1, 0.15) is 6.61 Å². The molecule has 0 saturated carbocycles. The molecule has 0 saturated heterocycles. The molecule has 0 amide bonds. The molecule has 3 N–H and O–H groups in total. The van der Waals surface area contributed by atoms with Gasteiger partial charge in [-0.25, -0.2) is 0 Å². The van der Waals surface area contributed by atoms with Crippen LogP contribution in [0.15, 0.2) is 0 Å². The summed E-state index contributed by atoms with van der Waals surface area (Å²) in [5, 5.41) is 2.65. The summed E-state index contributed by atoms with van der Waals surface area (Å²) >= 11 is 0. The molecule has 0 radical (unpaired) electrons. The van der Waals surface area contributed by atoms with Crippen molar-refractivity contribution in [3.63, 3.8) is 0 Å². The first-order chi connectivity index (χ1) is 5.31. The van der Waals surface area contributed by atoms with Crippen LogP contribution in [-0.4, -0.2) is 19.7 Å². The van der Waals surface area contributed by atoms with Crippen LogP contribution in [0.25, 0.3) is 0 Å². The van der Waals surface area contributed by atoms with Crippen molar-refractivity contribution >= 4 is 8.18 Å². The molecule has 0 aliphatic rings. The first-order valence-electron chi connectivity index (χ1n) is 3.85. The van der Waals surface area contributed by atoms with Gasteiger partial charge in [-0.05, 0) is 11.0 Å². The first kappa shape index (κ1) is 15.5. The molecule has 0 aromatic rings. The van der Waals surface area contributed by atoms with Crippen LogP contribution in [0.1, 0.15) is 21.2 Å². The SMILES string of the molecule is CCCCO[P+](=O)NCCN.[H-].[Na+]. The van der Waals surface area contributed by atoms with Crippen molar-refractivity contribution in [2.45, 2.75) is 19.8 Å². The maximum absolute atomic E-state index is 10.8. The summed E-state index contributed by atoms with van der Waals surface area (Å²) in [7, 11) is -1.68. The van der Waals surface area contributed by atoms with E-state index in [4.69, 9.17) is 10.3 Å². The van der Waals surface area contributed by atoms with E-state index in [-0.39, 0.29) is 31.0 Å².